The Kier molecular flexibility index (Phi) is 6.47. The average molecular weight is 369 g/mol. The fraction of sp³-hybridized carbons (Fsp3) is 0.333. The van der Waals surface area contributed by atoms with E-state index in [4.69, 9.17) is 0 Å². The molecule has 136 valence electrons. The van der Waals surface area contributed by atoms with Crippen molar-refractivity contribution in [2.45, 2.75) is 6.04 Å². The summed E-state index contributed by atoms with van der Waals surface area (Å²) in [4.78, 5) is 29.2. The van der Waals surface area contributed by atoms with Gasteiger partial charge in [-0.2, -0.15) is 0 Å². The topological polar surface area (TPSA) is 40.6 Å². The van der Waals surface area contributed by atoms with Crippen LogP contribution in [-0.4, -0.2) is 59.7 Å². The van der Waals surface area contributed by atoms with Crippen molar-refractivity contribution in [2.24, 2.45) is 0 Å². The largest absolute Gasteiger partial charge is 0.332 e. The number of benzene rings is 2. The van der Waals surface area contributed by atoms with Gasteiger partial charge in [0, 0.05) is 25.2 Å². The lowest BCUT2D eigenvalue weighted by Crippen LogP contribution is -2.49. The second-order valence-corrected chi connectivity index (χ2v) is 7.54. The molecule has 1 aliphatic heterocycles. The summed E-state index contributed by atoms with van der Waals surface area (Å²) in [6.45, 7) is 2.44. The van der Waals surface area contributed by atoms with Gasteiger partial charge in [-0.05, 0) is 12.6 Å². The first-order chi connectivity index (χ1) is 12.6. The van der Waals surface area contributed by atoms with Crippen molar-refractivity contribution in [3.63, 3.8) is 0 Å². The van der Waals surface area contributed by atoms with Gasteiger partial charge in [0.1, 0.15) is 0 Å². The maximum atomic E-state index is 12.8. The molecule has 1 atom stereocenters. The lowest BCUT2D eigenvalue weighted by atomic mass is 10.0. The van der Waals surface area contributed by atoms with E-state index in [9.17, 15) is 9.59 Å². The molecule has 0 N–H and O–H groups in total. The van der Waals surface area contributed by atoms with Gasteiger partial charge in [-0.3, -0.25) is 9.59 Å². The fourth-order valence-electron chi connectivity index (χ4n) is 3.20. The molecule has 1 unspecified atom stereocenters. The zero-order valence-electron chi connectivity index (χ0n) is 15.0. The summed E-state index contributed by atoms with van der Waals surface area (Å²) in [5.41, 5.74) is 1.87. The van der Waals surface area contributed by atoms with Gasteiger partial charge in [0.15, 0.2) is 5.78 Å². The fourth-order valence-corrected chi connectivity index (χ4v) is 3.99. The van der Waals surface area contributed by atoms with Crippen molar-refractivity contribution in [1.82, 2.24) is 9.80 Å². The molecule has 0 spiro atoms. The summed E-state index contributed by atoms with van der Waals surface area (Å²) in [6, 6.07) is 19.5. The van der Waals surface area contributed by atoms with Crippen molar-refractivity contribution < 1.29 is 9.59 Å². The zero-order valence-corrected chi connectivity index (χ0v) is 15.8. The van der Waals surface area contributed by atoms with E-state index in [1.54, 1.807) is 0 Å². The Morgan fingerprint density at radius 1 is 0.962 bits per heavy atom. The number of ketones is 1. The highest BCUT2D eigenvalue weighted by molar-refractivity contribution is 8.00. The van der Waals surface area contributed by atoms with Crippen molar-refractivity contribution >= 4 is 23.5 Å². The Labute approximate surface area is 159 Å². The highest BCUT2D eigenvalue weighted by Gasteiger charge is 2.29. The molecule has 0 saturated carbocycles. The van der Waals surface area contributed by atoms with E-state index in [0.29, 0.717) is 17.1 Å². The third-order valence-electron chi connectivity index (χ3n) is 4.64. The number of hydrogen-bond acceptors (Lipinski definition) is 4. The number of hydrogen-bond donors (Lipinski definition) is 0. The summed E-state index contributed by atoms with van der Waals surface area (Å²) in [5, 5.41) is 0. The molecule has 1 heterocycles. The number of likely N-dealkylation sites (N-methyl/N-ethyl adjacent to an activating group) is 1. The van der Waals surface area contributed by atoms with E-state index in [1.807, 2.05) is 53.4 Å². The van der Waals surface area contributed by atoms with E-state index in [1.165, 1.54) is 11.8 Å². The van der Waals surface area contributed by atoms with E-state index in [0.717, 1.165) is 25.2 Å². The molecule has 1 amide bonds. The number of Topliss-reactive ketones (excluding diaryl/α,β-unsaturated/α-hetero) is 1. The van der Waals surface area contributed by atoms with Crippen LogP contribution in [0.4, 0.5) is 0 Å². The maximum absolute atomic E-state index is 12.8. The first-order valence-corrected chi connectivity index (χ1v) is 9.99. The molecule has 1 aliphatic rings. The minimum Gasteiger partial charge on any atom is -0.332 e. The van der Waals surface area contributed by atoms with Crippen LogP contribution in [0.2, 0.25) is 0 Å². The van der Waals surface area contributed by atoms with Crippen LogP contribution in [0.1, 0.15) is 22.0 Å². The van der Waals surface area contributed by atoms with Gasteiger partial charge in [0.05, 0.1) is 17.5 Å². The van der Waals surface area contributed by atoms with Crippen LogP contribution in [0.15, 0.2) is 60.7 Å². The predicted molar refractivity (Wildman–Crippen MR) is 106 cm³/mol. The number of carbonyl (C=O) groups is 2. The molecule has 3 rings (SSSR count). The lowest BCUT2D eigenvalue weighted by molar-refractivity contribution is -0.133. The van der Waals surface area contributed by atoms with Gasteiger partial charge in [-0.1, -0.05) is 60.7 Å². The standard InChI is InChI=1S/C21H24N2O2S/c1-22-12-13-23(19(14-22)17-8-4-2-5-9-17)21(25)16-26-15-20(24)18-10-6-3-7-11-18/h2-11,19H,12-16H2,1H3. The van der Waals surface area contributed by atoms with E-state index in [2.05, 4.69) is 24.1 Å². The number of amides is 1. The van der Waals surface area contributed by atoms with Crippen molar-refractivity contribution in [3.8, 4) is 0 Å². The Hall–Kier alpha value is -2.11. The summed E-state index contributed by atoms with van der Waals surface area (Å²) in [6.07, 6.45) is 0. The molecule has 2 aromatic rings. The average Bonchev–Trinajstić information content (AvgIpc) is 2.69. The number of nitrogens with zero attached hydrogens (tertiary/aromatic N) is 2. The van der Waals surface area contributed by atoms with Crippen molar-refractivity contribution in [3.05, 3.63) is 71.8 Å². The number of rotatable bonds is 6. The Balaban J connectivity index is 1.58. The summed E-state index contributed by atoms with van der Waals surface area (Å²) in [5.74, 6) is 0.852. The van der Waals surface area contributed by atoms with Gasteiger partial charge in [0.2, 0.25) is 5.91 Å². The highest BCUT2D eigenvalue weighted by atomic mass is 32.2. The quantitative estimate of drug-likeness (QED) is 0.735. The molecule has 1 fully saturated rings. The summed E-state index contributed by atoms with van der Waals surface area (Å²) >= 11 is 1.40. The van der Waals surface area contributed by atoms with Gasteiger partial charge in [-0.15, -0.1) is 11.8 Å². The number of thioether (sulfide) groups is 1. The van der Waals surface area contributed by atoms with E-state index in [-0.39, 0.29) is 17.7 Å². The molecule has 0 radical (unpaired) electrons. The molecule has 0 bridgehead atoms. The summed E-state index contributed by atoms with van der Waals surface area (Å²) in [7, 11) is 2.09. The minimum atomic E-state index is 0.0707. The van der Waals surface area contributed by atoms with Crippen LogP contribution < -0.4 is 0 Å². The van der Waals surface area contributed by atoms with Gasteiger partial charge in [-0.25, -0.2) is 0 Å². The third-order valence-corrected chi connectivity index (χ3v) is 5.56. The molecule has 2 aromatic carbocycles. The molecular formula is C21H24N2O2S. The Morgan fingerprint density at radius 2 is 1.62 bits per heavy atom. The predicted octanol–water partition coefficient (Wildman–Crippen LogP) is 3.12. The van der Waals surface area contributed by atoms with Crippen LogP contribution in [0.3, 0.4) is 0 Å². The normalized spacial score (nSPS) is 17.9. The van der Waals surface area contributed by atoms with Crippen LogP contribution in [-0.2, 0) is 4.79 Å². The van der Waals surface area contributed by atoms with Crippen LogP contribution in [0, 0.1) is 0 Å². The van der Waals surface area contributed by atoms with E-state index >= 15 is 0 Å². The van der Waals surface area contributed by atoms with Gasteiger partial charge < -0.3 is 9.80 Å². The van der Waals surface area contributed by atoms with Crippen LogP contribution in [0.5, 0.6) is 0 Å². The van der Waals surface area contributed by atoms with Crippen molar-refractivity contribution in [1.29, 1.82) is 0 Å². The Bertz CT molecular complexity index is 736. The molecule has 0 aromatic heterocycles. The van der Waals surface area contributed by atoms with Gasteiger partial charge >= 0.3 is 0 Å². The number of piperazine rings is 1. The lowest BCUT2D eigenvalue weighted by Gasteiger charge is -2.40. The zero-order chi connectivity index (χ0) is 18.4. The molecule has 26 heavy (non-hydrogen) atoms. The Morgan fingerprint density at radius 3 is 2.31 bits per heavy atom. The second-order valence-electron chi connectivity index (χ2n) is 6.56. The molecule has 1 saturated heterocycles. The molecule has 5 heteroatoms. The van der Waals surface area contributed by atoms with Crippen LogP contribution in [0.25, 0.3) is 0 Å². The summed E-state index contributed by atoms with van der Waals surface area (Å²) < 4.78 is 0. The van der Waals surface area contributed by atoms with Gasteiger partial charge in [0.25, 0.3) is 0 Å². The SMILES string of the molecule is CN1CCN(C(=O)CSCC(=O)c2ccccc2)C(c2ccccc2)C1. The maximum Gasteiger partial charge on any atom is 0.233 e. The number of carbonyl (C=O) groups excluding carboxylic acids is 2. The third kappa shape index (κ3) is 4.74. The van der Waals surface area contributed by atoms with Crippen molar-refractivity contribution in [2.75, 3.05) is 38.2 Å². The minimum absolute atomic E-state index is 0.0707. The molecule has 4 nitrogen and oxygen atoms in total. The first-order valence-electron chi connectivity index (χ1n) is 8.84. The second kappa shape index (κ2) is 9.01. The first kappa shape index (κ1) is 18.7. The van der Waals surface area contributed by atoms with E-state index < -0.39 is 0 Å². The smallest absolute Gasteiger partial charge is 0.233 e. The molecular weight excluding hydrogens is 344 g/mol. The highest BCUT2D eigenvalue weighted by Crippen LogP contribution is 2.25. The van der Waals surface area contributed by atoms with Crippen LogP contribution >= 0.6 is 11.8 Å². The monoisotopic (exact) mass is 368 g/mol. The molecule has 0 aliphatic carbocycles.